The van der Waals surface area contributed by atoms with Gasteiger partial charge in [0.15, 0.2) is 15.6 Å². The molecule has 0 aliphatic carbocycles. The van der Waals surface area contributed by atoms with Gasteiger partial charge in [-0.3, -0.25) is 0 Å². The SMILES string of the molecule is COc1cnc(NC2CCS(=O)(=O)C2)nc1. The first-order chi connectivity index (χ1) is 7.59. The van der Waals surface area contributed by atoms with Crippen molar-refractivity contribution < 1.29 is 13.2 Å². The van der Waals surface area contributed by atoms with Crippen molar-refractivity contribution in [2.75, 3.05) is 23.9 Å². The molecule has 2 rings (SSSR count). The average Bonchev–Trinajstić information content (AvgIpc) is 2.59. The lowest BCUT2D eigenvalue weighted by Gasteiger charge is -2.10. The van der Waals surface area contributed by atoms with Gasteiger partial charge in [0, 0.05) is 6.04 Å². The van der Waals surface area contributed by atoms with Gasteiger partial charge in [-0.2, -0.15) is 0 Å². The average molecular weight is 243 g/mol. The zero-order valence-electron chi connectivity index (χ0n) is 8.88. The Morgan fingerprint density at radius 1 is 1.44 bits per heavy atom. The lowest BCUT2D eigenvalue weighted by Crippen LogP contribution is -2.21. The van der Waals surface area contributed by atoms with Crippen molar-refractivity contribution in [2.45, 2.75) is 12.5 Å². The summed E-state index contributed by atoms with van der Waals surface area (Å²) >= 11 is 0. The first-order valence-corrected chi connectivity index (χ1v) is 6.74. The number of hydrogen-bond donors (Lipinski definition) is 1. The molecule has 0 radical (unpaired) electrons. The molecule has 0 saturated carbocycles. The molecule has 1 aliphatic heterocycles. The molecular weight excluding hydrogens is 230 g/mol. The Labute approximate surface area is 94.0 Å². The van der Waals surface area contributed by atoms with Crippen molar-refractivity contribution in [3.05, 3.63) is 12.4 Å². The van der Waals surface area contributed by atoms with E-state index in [4.69, 9.17) is 4.74 Å². The molecule has 16 heavy (non-hydrogen) atoms. The van der Waals surface area contributed by atoms with Crippen LogP contribution in [0.3, 0.4) is 0 Å². The smallest absolute Gasteiger partial charge is 0.223 e. The van der Waals surface area contributed by atoms with Crippen molar-refractivity contribution in [1.29, 1.82) is 0 Å². The maximum absolute atomic E-state index is 11.2. The molecule has 0 amide bonds. The quantitative estimate of drug-likeness (QED) is 0.810. The summed E-state index contributed by atoms with van der Waals surface area (Å²) in [5.74, 6) is 1.40. The highest BCUT2D eigenvalue weighted by atomic mass is 32.2. The van der Waals surface area contributed by atoms with E-state index in [2.05, 4.69) is 15.3 Å². The predicted octanol–water partition coefficient (Wildman–Crippen LogP) is 0.0842. The largest absolute Gasteiger partial charge is 0.494 e. The minimum atomic E-state index is -2.87. The molecule has 7 heteroatoms. The maximum atomic E-state index is 11.2. The van der Waals surface area contributed by atoms with Crippen LogP contribution in [0, 0.1) is 0 Å². The minimum Gasteiger partial charge on any atom is -0.494 e. The highest BCUT2D eigenvalue weighted by Crippen LogP contribution is 2.15. The number of methoxy groups -OCH3 is 1. The summed E-state index contributed by atoms with van der Waals surface area (Å²) in [5.41, 5.74) is 0. The van der Waals surface area contributed by atoms with Crippen LogP contribution in [-0.4, -0.2) is 43.0 Å². The Balaban J connectivity index is 1.99. The molecule has 2 heterocycles. The van der Waals surface area contributed by atoms with E-state index in [0.29, 0.717) is 18.1 Å². The van der Waals surface area contributed by atoms with Gasteiger partial charge < -0.3 is 10.1 Å². The van der Waals surface area contributed by atoms with E-state index in [1.807, 2.05) is 0 Å². The third kappa shape index (κ3) is 2.60. The molecular formula is C9H13N3O3S. The first-order valence-electron chi connectivity index (χ1n) is 4.92. The summed E-state index contributed by atoms with van der Waals surface area (Å²) in [6.45, 7) is 0. The standard InChI is InChI=1S/C9H13N3O3S/c1-15-8-4-10-9(11-5-8)12-7-2-3-16(13,14)6-7/h4-5,7H,2-3,6H2,1H3,(H,10,11,12). The fourth-order valence-electron chi connectivity index (χ4n) is 1.59. The number of sulfone groups is 1. The van der Waals surface area contributed by atoms with Crippen LogP contribution in [-0.2, 0) is 9.84 Å². The van der Waals surface area contributed by atoms with Crippen molar-refractivity contribution in [1.82, 2.24) is 9.97 Å². The molecule has 1 atom stereocenters. The zero-order chi connectivity index (χ0) is 11.6. The highest BCUT2D eigenvalue weighted by Gasteiger charge is 2.28. The van der Waals surface area contributed by atoms with Gasteiger partial charge in [-0.05, 0) is 6.42 Å². The van der Waals surface area contributed by atoms with Crippen molar-refractivity contribution in [3.8, 4) is 5.75 Å². The first kappa shape index (κ1) is 11.1. The van der Waals surface area contributed by atoms with Crippen LogP contribution < -0.4 is 10.1 Å². The second-order valence-corrected chi connectivity index (χ2v) is 5.92. The molecule has 1 unspecified atom stereocenters. The fraction of sp³-hybridized carbons (Fsp3) is 0.556. The lowest BCUT2D eigenvalue weighted by atomic mass is 10.3. The molecule has 1 fully saturated rings. The van der Waals surface area contributed by atoms with E-state index < -0.39 is 9.84 Å². The summed E-state index contributed by atoms with van der Waals surface area (Å²) in [7, 11) is -1.33. The topological polar surface area (TPSA) is 81.2 Å². The van der Waals surface area contributed by atoms with E-state index in [1.54, 1.807) is 12.4 Å². The van der Waals surface area contributed by atoms with Crippen molar-refractivity contribution >= 4 is 15.8 Å². The lowest BCUT2D eigenvalue weighted by molar-refractivity contribution is 0.411. The Hall–Kier alpha value is -1.37. The van der Waals surface area contributed by atoms with Crippen LogP contribution in [0.25, 0.3) is 0 Å². The predicted molar refractivity (Wildman–Crippen MR) is 59.3 cm³/mol. The van der Waals surface area contributed by atoms with E-state index in [-0.39, 0.29) is 17.5 Å². The van der Waals surface area contributed by atoms with Gasteiger partial charge in [0.25, 0.3) is 0 Å². The molecule has 0 aromatic carbocycles. The highest BCUT2D eigenvalue weighted by molar-refractivity contribution is 7.91. The van der Waals surface area contributed by atoms with Gasteiger partial charge in [-0.15, -0.1) is 0 Å². The second-order valence-electron chi connectivity index (χ2n) is 3.69. The third-order valence-corrected chi connectivity index (χ3v) is 4.20. The Morgan fingerprint density at radius 2 is 2.12 bits per heavy atom. The number of hydrogen-bond acceptors (Lipinski definition) is 6. The van der Waals surface area contributed by atoms with E-state index in [1.165, 1.54) is 7.11 Å². The number of nitrogens with zero attached hydrogens (tertiary/aromatic N) is 2. The Morgan fingerprint density at radius 3 is 2.62 bits per heavy atom. The van der Waals surface area contributed by atoms with Crippen LogP contribution in [0.5, 0.6) is 5.75 Å². The molecule has 88 valence electrons. The van der Waals surface area contributed by atoms with Gasteiger partial charge in [-0.25, -0.2) is 18.4 Å². The summed E-state index contributed by atoms with van der Waals surface area (Å²) in [6.07, 6.45) is 3.69. The van der Waals surface area contributed by atoms with Crippen molar-refractivity contribution in [3.63, 3.8) is 0 Å². The number of anilines is 1. The molecule has 1 aromatic heterocycles. The molecule has 0 bridgehead atoms. The fourth-order valence-corrected chi connectivity index (χ4v) is 3.26. The second kappa shape index (κ2) is 4.25. The Kier molecular flexibility index (Phi) is 2.95. The number of nitrogens with one attached hydrogen (secondary N) is 1. The van der Waals surface area contributed by atoms with Crippen molar-refractivity contribution in [2.24, 2.45) is 0 Å². The van der Waals surface area contributed by atoms with Gasteiger partial charge >= 0.3 is 0 Å². The minimum absolute atomic E-state index is 0.0848. The maximum Gasteiger partial charge on any atom is 0.223 e. The van der Waals surface area contributed by atoms with Crippen LogP contribution in [0.15, 0.2) is 12.4 Å². The molecule has 6 nitrogen and oxygen atoms in total. The molecule has 0 spiro atoms. The normalized spacial score (nSPS) is 22.9. The molecule has 1 aliphatic rings. The van der Waals surface area contributed by atoms with Gasteiger partial charge in [0.2, 0.25) is 5.95 Å². The Bertz CT molecular complexity index is 457. The number of aromatic nitrogens is 2. The van der Waals surface area contributed by atoms with Gasteiger partial charge in [0.1, 0.15) is 0 Å². The summed E-state index contributed by atoms with van der Waals surface area (Å²) in [5, 5.41) is 2.99. The summed E-state index contributed by atoms with van der Waals surface area (Å²) in [6, 6.07) is -0.0848. The van der Waals surface area contributed by atoms with E-state index >= 15 is 0 Å². The molecule has 1 saturated heterocycles. The van der Waals surface area contributed by atoms with Crippen LogP contribution in [0.2, 0.25) is 0 Å². The van der Waals surface area contributed by atoms with Crippen LogP contribution >= 0.6 is 0 Å². The molecule has 1 aromatic rings. The van der Waals surface area contributed by atoms with E-state index in [9.17, 15) is 8.42 Å². The summed E-state index contributed by atoms with van der Waals surface area (Å²) in [4.78, 5) is 8.04. The molecule has 1 N–H and O–H groups in total. The van der Waals surface area contributed by atoms with Crippen LogP contribution in [0.4, 0.5) is 5.95 Å². The number of rotatable bonds is 3. The monoisotopic (exact) mass is 243 g/mol. The number of ether oxygens (including phenoxy) is 1. The van der Waals surface area contributed by atoms with Crippen LogP contribution in [0.1, 0.15) is 6.42 Å². The van der Waals surface area contributed by atoms with E-state index in [0.717, 1.165) is 0 Å². The third-order valence-electron chi connectivity index (χ3n) is 2.43. The zero-order valence-corrected chi connectivity index (χ0v) is 9.70. The van der Waals surface area contributed by atoms with Gasteiger partial charge in [0.05, 0.1) is 31.0 Å². The summed E-state index contributed by atoms with van der Waals surface area (Å²) < 4.78 is 27.4. The van der Waals surface area contributed by atoms with Gasteiger partial charge in [-0.1, -0.05) is 0 Å².